The number of nitrogens with one attached hydrogen (secondary N) is 2. The highest BCUT2D eigenvalue weighted by Gasteiger charge is 2.24. The summed E-state index contributed by atoms with van der Waals surface area (Å²) in [6.45, 7) is 3.09. The average molecular weight is 514 g/mol. The first kappa shape index (κ1) is 25.6. The Kier molecular flexibility index (Phi) is 8.19. The number of para-hydroxylation sites is 1. The van der Waals surface area contributed by atoms with E-state index in [1.54, 1.807) is 7.11 Å². The smallest absolute Gasteiger partial charge is 0.261 e. The van der Waals surface area contributed by atoms with E-state index in [2.05, 4.69) is 14.9 Å². The highest BCUT2D eigenvalue weighted by molar-refractivity contribution is 7.92. The number of amides is 1. The number of nitrogens with zero attached hydrogens (tertiary/aromatic N) is 1. The van der Waals surface area contributed by atoms with Gasteiger partial charge in [0, 0.05) is 25.2 Å². The standard InChI is InChI=1S/C26H28FN3O5S/c1-34-21-10-6-19(7-11-21)25(30-14-16-35-17-15-30)18-28-26(31)20-8-12-22(13-9-20)36(32,33)29-24-5-3-2-4-23(24)27/h2-13,25,29H,14-18H2,1H3,(H,28,31)/t25-/m1/s1. The van der Waals surface area contributed by atoms with Gasteiger partial charge in [-0.2, -0.15) is 0 Å². The van der Waals surface area contributed by atoms with Crippen LogP contribution >= 0.6 is 0 Å². The van der Waals surface area contributed by atoms with Gasteiger partial charge >= 0.3 is 0 Å². The Hall–Kier alpha value is -3.47. The van der Waals surface area contributed by atoms with E-state index in [1.807, 2.05) is 24.3 Å². The molecule has 3 aromatic rings. The Labute approximate surface area is 210 Å². The number of halogens is 1. The van der Waals surface area contributed by atoms with Crippen molar-refractivity contribution in [2.45, 2.75) is 10.9 Å². The molecule has 1 aliphatic heterocycles. The molecule has 1 atom stereocenters. The molecular weight excluding hydrogens is 485 g/mol. The summed E-state index contributed by atoms with van der Waals surface area (Å²) in [5.74, 6) is -0.250. The van der Waals surface area contributed by atoms with Gasteiger partial charge in [-0.15, -0.1) is 0 Å². The van der Waals surface area contributed by atoms with Crippen LogP contribution in [-0.2, 0) is 14.8 Å². The average Bonchev–Trinajstić information content (AvgIpc) is 2.91. The van der Waals surface area contributed by atoms with Gasteiger partial charge in [0.15, 0.2) is 0 Å². The first-order valence-corrected chi connectivity index (χ1v) is 13.0. The van der Waals surface area contributed by atoms with Gasteiger partial charge in [-0.1, -0.05) is 24.3 Å². The first-order valence-electron chi connectivity index (χ1n) is 11.5. The van der Waals surface area contributed by atoms with Gasteiger partial charge in [0.1, 0.15) is 11.6 Å². The molecule has 1 heterocycles. The van der Waals surface area contributed by atoms with Gasteiger partial charge in [0.25, 0.3) is 15.9 Å². The summed E-state index contributed by atoms with van der Waals surface area (Å²) < 4.78 is 52.1. The number of rotatable bonds is 9. The van der Waals surface area contributed by atoms with Gasteiger partial charge in [0.2, 0.25) is 0 Å². The molecule has 1 fully saturated rings. The summed E-state index contributed by atoms with van der Waals surface area (Å²) in [7, 11) is -2.40. The molecule has 0 aliphatic carbocycles. The number of morpholine rings is 1. The minimum atomic E-state index is -4.01. The number of hydrogen-bond acceptors (Lipinski definition) is 6. The number of carbonyl (C=O) groups excluding carboxylic acids is 1. The van der Waals surface area contributed by atoms with E-state index in [0.717, 1.165) is 24.4 Å². The van der Waals surface area contributed by atoms with Crippen molar-refractivity contribution in [2.24, 2.45) is 0 Å². The number of benzene rings is 3. The van der Waals surface area contributed by atoms with E-state index >= 15 is 0 Å². The van der Waals surface area contributed by atoms with Crippen molar-refractivity contribution in [3.8, 4) is 5.75 Å². The number of sulfonamides is 1. The van der Waals surface area contributed by atoms with Crippen LogP contribution in [0.5, 0.6) is 5.75 Å². The summed E-state index contributed by atoms with van der Waals surface area (Å²) in [4.78, 5) is 15.1. The van der Waals surface area contributed by atoms with Gasteiger partial charge < -0.3 is 14.8 Å². The molecule has 0 aromatic heterocycles. The Morgan fingerprint density at radius 2 is 1.69 bits per heavy atom. The van der Waals surface area contributed by atoms with E-state index < -0.39 is 15.8 Å². The molecule has 1 aliphatic rings. The summed E-state index contributed by atoms with van der Waals surface area (Å²) in [6.07, 6.45) is 0. The largest absolute Gasteiger partial charge is 0.497 e. The molecule has 3 aromatic carbocycles. The van der Waals surface area contributed by atoms with Crippen LogP contribution in [0.15, 0.2) is 77.7 Å². The molecule has 36 heavy (non-hydrogen) atoms. The van der Waals surface area contributed by atoms with Crippen LogP contribution in [0.25, 0.3) is 0 Å². The second kappa shape index (κ2) is 11.5. The van der Waals surface area contributed by atoms with E-state index in [0.29, 0.717) is 25.3 Å². The zero-order chi connectivity index (χ0) is 25.5. The van der Waals surface area contributed by atoms with Crippen LogP contribution < -0.4 is 14.8 Å². The van der Waals surface area contributed by atoms with Crippen molar-refractivity contribution in [3.05, 3.63) is 89.7 Å². The third-order valence-corrected chi connectivity index (χ3v) is 7.37. The molecule has 0 bridgehead atoms. The molecule has 8 nitrogen and oxygen atoms in total. The second-order valence-corrected chi connectivity index (χ2v) is 9.94. The lowest BCUT2D eigenvalue weighted by Gasteiger charge is -2.35. The van der Waals surface area contributed by atoms with Crippen LogP contribution in [0, 0.1) is 5.82 Å². The van der Waals surface area contributed by atoms with Crippen LogP contribution in [0.3, 0.4) is 0 Å². The lowest BCUT2D eigenvalue weighted by atomic mass is 10.0. The van der Waals surface area contributed by atoms with Crippen LogP contribution in [0.1, 0.15) is 22.0 Å². The fourth-order valence-corrected chi connectivity index (χ4v) is 5.06. The monoisotopic (exact) mass is 513 g/mol. The molecule has 0 spiro atoms. The molecule has 0 unspecified atom stereocenters. The van der Waals surface area contributed by atoms with Crippen molar-refractivity contribution in [1.29, 1.82) is 0 Å². The fraction of sp³-hybridized carbons (Fsp3) is 0.269. The molecule has 0 saturated carbocycles. The van der Waals surface area contributed by atoms with Crippen LogP contribution in [-0.4, -0.2) is 59.2 Å². The Balaban J connectivity index is 1.44. The third kappa shape index (κ3) is 6.20. The second-order valence-electron chi connectivity index (χ2n) is 8.26. The fourth-order valence-electron chi connectivity index (χ4n) is 4.00. The summed E-state index contributed by atoms with van der Waals surface area (Å²) >= 11 is 0. The van der Waals surface area contributed by atoms with Crippen molar-refractivity contribution in [1.82, 2.24) is 10.2 Å². The third-order valence-electron chi connectivity index (χ3n) is 5.99. The zero-order valence-electron chi connectivity index (χ0n) is 19.8. The van der Waals surface area contributed by atoms with Crippen molar-refractivity contribution in [3.63, 3.8) is 0 Å². The number of carbonyl (C=O) groups is 1. The highest BCUT2D eigenvalue weighted by atomic mass is 32.2. The molecule has 190 valence electrons. The SMILES string of the molecule is COc1ccc([C@@H](CNC(=O)c2ccc(S(=O)(=O)Nc3ccccc3F)cc2)N2CCOCC2)cc1. The normalized spacial score (nSPS) is 15.2. The van der Waals surface area contributed by atoms with Crippen molar-refractivity contribution >= 4 is 21.6 Å². The van der Waals surface area contributed by atoms with Gasteiger partial charge in [0.05, 0.1) is 36.9 Å². The summed E-state index contributed by atoms with van der Waals surface area (Å²) in [5.41, 5.74) is 1.21. The minimum absolute atomic E-state index is 0.0617. The van der Waals surface area contributed by atoms with Gasteiger partial charge in [-0.25, -0.2) is 12.8 Å². The molecule has 4 rings (SSSR count). The Morgan fingerprint density at radius 1 is 1.03 bits per heavy atom. The maximum Gasteiger partial charge on any atom is 0.261 e. The maximum absolute atomic E-state index is 13.9. The zero-order valence-corrected chi connectivity index (χ0v) is 20.6. The van der Waals surface area contributed by atoms with E-state index in [-0.39, 0.29) is 22.5 Å². The quantitative estimate of drug-likeness (QED) is 0.455. The predicted molar refractivity (Wildman–Crippen MR) is 134 cm³/mol. The summed E-state index contributed by atoms with van der Waals surface area (Å²) in [6, 6.07) is 18.7. The first-order chi connectivity index (χ1) is 17.4. The van der Waals surface area contributed by atoms with Crippen molar-refractivity contribution in [2.75, 3.05) is 44.7 Å². The minimum Gasteiger partial charge on any atom is -0.497 e. The Morgan fingerprint density at radius 3 is 2.33 bits per heavy atom. The molecule has 10 heteroatoms. The van der Waals surface area contributed by atoms with E-state index in [9.17, 15) is 17.6 Å². The lowest BCUT2D eigenvalue weighted by Crippen LogP contribution is -2.43. The lowest BCUT2D eigenvalue weighted by molar-refractivity contribution is 0.0162. The van der Waals surface area contributed by atoms with Gasteiger partial charge in [-0.3, -0.25) is 14.4 Å². The van der Waals surface area contributed by atoms with Crippen LogP contribution in [0.4, 0.5) is 10.1 Å². The predicted octanol–water partition coefficient (Wildman–Crippen LogP) is 3.44. The van der Waals surface area contributed by atoms with E-state index in [4.69, 9.17) is 9.47 Å². The molecule has 2 N–H and O–H groups in total. The number of hydrogen-bond donors (Lipinski definition) is 2. The number of methoxy groups -OCH3 is 1. The molecule has 1 amide bonds. The van der Waals surface area contributed by atoms with Gasteiger partial charge in [-0.05, 0) is 54.1 Å². The topological polar surface area (TPSA) is 97.0 Å². The van der Waals surface area contributed by atoms with E-state index in [1.165, 1.54) is 48.5 Å². The number of ether oxygens (including phenoxy) is 2. The molecular formula is C26H28FN3O5S. The highest BCUT2D eigenvalue weighted by Crippen LogP contribution is 2.24. The number of anilines is 1. The maximum atomic E-state index is 13.9. The Bertz CT molecular complexity index is 1280. The van der Waals surface area contributed by atoms with Crippen LogP contribution in [0.2, 0.25) is 0 Å². The summed E-state index contributed by atoms with van der Waals surface area (Å²) in [5, 5.41) is 2.96. The molecule has 0 radical (unpaired) electrons. The van der Waals surface area contributed by atoms with Crippen molar-refractivity contribution < 1.29 is 27.1 Å². The molecule has 1 saturated heterocycles.